The number of nitrogens with zero attached hydrogens (tertiary/aromatic N) is 2. The van der Waals surface area contributed by atoms with Crippen LogP contribution in [0.3, 0.4) is 0 Å². The van der Waals surface area contributed by atoms with Crippen LogP contribution in [0.15, 0.2) is 30.3 Å². The average Bonchev–Trinajstić information content (AvgIpc) is 2.88. The zero-order chi connectivity index (χ0) is 12.4. The van der Waals surface area contributed by atoms with Gasteiger partial charge in [-0.25, -0.2) is 4.98 Å². The molecule has 0 radical (unpaired) electrons. The number of H-pyrrole nitrogens is 1. The van der Waals surface area contributed by atoms with Gasteiger partial charge in [0.05, 0.1) is 5.41 Å². The van der Waals surface area contributed by atoms with Gasteiger partial charge in [0.25, 0.3) is 0 Å². The molecule has 94 valence electrons. The van der Waals surface area contributed by atoms with Crippen molar-refractivity contribution < 1.29 is 0 Å². The lowest BCUT2D eigenvalue weighted by atomic mass is 9.69. The SMILES string of the molecule is Clc1n[nH]c(C2(c3ccccc3)CCCCC2)n1. The largest absolute Gasteiger partial charge is 0.261 e. The fourth-order valence-electron chi connectivity index (χ4n) is 3.03. The van der Waals surface area contributed by atoms with Crippen LogP contribution in [0.5, 0.6) is 0 Å². The van der Waals surface area contributed by atoms with Gasteiger partial charge in [-0.15, -0.1) is 5.10 Å². The molecule has 0 spiro atoms. The molecule has 1 heterocycles. The van der Waals surface area contributed by atoms with Crippen molar-refractivity contribution in [3.8, 4) is 0 Å². The molecule has 2 aromatic rings. The molecular formula is C14H16ClN3. The molecule has 1 aromatic carbocycles. The average molecular weight is 262 g/mol. The van der Waals surface area contributed by atoms with Gasteiger partial charge >= 0.3 is 0 Å². The summed E-state index contributed by atoms with van der Waals surface area (Å²) in [6.45, 7) is 0. The Balaban J connectivity index is 2.09. The predicted octanol–water partition coefficient (Wildman–Crippen LogP) is 3.71. The molecule has 0 bridgehead atoms. The second-order valence-electron chi connectivity index (χ2n) is 4.96. The van der Waals surface area contributed by atoms with Crippen LogP contribution in [0.25, 0.3) is 0 Å². The van der Waals surface area contributed by atoms with E-state index in [9.17, 15) is 0 Å². The number of nitrogens with one attached hydrogen (secondary N) is 1. The number of benzene rings is 1. The molecule has 1 aliphatic rings. The molecule has 1 fully saturated rings. The molecule has 0 aliphatic heterocycles. The Hall–Kier alpha value is -1.35. The van der Waals surface area contributed by atoms with E-state index in [4.69, 9.17) is 11.6 Å². The third kappa shape index (κ3) is 1.93. The molecule has 4 heteroatoms. The minimum Gasteiger partial charge on any atom is -0.261 e. The maximum absolute atomic E-state index is 5.88. The van der Waals surface area contributed by atoms with Crippen LogP contribution in [0.1, 0.15) is 43.5 Å². The third-order valence-corrected chi connectivity index (χ3v) is 4.11. The second kappa shape index (κ2) is 4.73. The summed E-state index contributed by atoms with van der Waals surface area (Å²) >= 11 is 5.88. The van der Waals surface area contributed by atoms with Crippen molar-refractivity contribution >= 4 is 11.6 Å². The molecule has 1 N–H and O–H groups in total. The summed E-state index contributed by atoms with van der Waals surface area (Å²) in [4.78, 5) is 4.38. The highest BCUT2D eigenvalue weighted by Gasteiger charge is 2.38. The lowest BCUT2D eigenvalue weighted by Gasteiger charge is -2.35. The van der Waals surface area contributed by atoms with Crippen LogP contribution in [0.2, 0.25) is 5.28 Å². The van der Waals surface area contributed by atoms with Gasteiger partial charge in [0.1, 0.15) is 5.82 Å². The fourth-order valence-corrected chi connectivity index (χ4v) is 3.16. The van der Waals surface area contributed by atoms with Crippen LogP contribution in [0, 0.1) is 0 Å². The zero-order valence-corrected chi connectivity index (χ0v) is 11.0. The molecule has 0 unspecified atom stereocenters. The van der Waals surface area contributed by atoms with Gasteiger partial charge < -0.3 is 0 Å². The minimum absolute atomic E-state index is 0.0281. The summed E-state index contributed by atoms with van der Waals surface area (Å²) in [5.41, 5.74) is 1.29. The van der Waals surface area contributed by atoms with Gasteiger partial charge in [-0.1, -0.05) is 49.6 Å². The Bertz CT molecular complexity index is 515. The topological polar surface area (TPSA) is 41.6 Å². The Kier molecular flexibility index (Phi) is 3.08. The molecule has 1 aromatic heterocycles. The zero-order valence-electron chi connectivity index (χ0n) is 10.2. The van der Waals surface area contributed by atoms with Crippen molar-refractivity contribution in [3.05, 3.63) is 47.0 Å². The first-order chi connectivity index (χ1) is 8.81. The summed E-state index contributed by atoms with van der Waals surface area (Å²) < 4.78 is 0. The highest BCUT2D eigenvalue weighted by atomic mass is 35.5. The maximum atomic E-state index is 5.88. The Morgan fingerprint density at radius 3 is 2.39 bits per heavy atom. The van der Waals surface area contributed by atoms with E-state index < -0.39 is 0 Å². The molecule has 3 rings (SSSR count). The van der Waals surface area contributed by atoms with Crippen molar-refractivity contribution in [2.45, 2.75) is 37.5 Å². The van der Waals surface area contributed by atoms with E-state index in [0.717, 1.165) is 18.7 Å². The lowest BCUT2D eigenvalue weighted by Crippen LogP contribution is -2.31. The van der Waals surface area contributed by atoms with E-state index in [1.165, 1.54) is 24.8 Å². The maximum Gasteiger partial charge on any atom is 0.242 e. The van der Waals surface area contributed by atoms with Gasteiger partial charge in [-0.2, -0.15) is 0 Å². The first kappa shape index (κ1) is 11.7. The third-order valence-electron chi connectivity index (χ3n) is 3.94. The van der Waals surface area contributed by atoms with E-state index in [2.05, 4.69) is 39.4 Å². The van der Waals surface area contributed by atoms with Crippen LogP contribution in [-0.2, 0) is 5.41 Å². The van der Waals surface area contributed by atoms with Gasteiger partial charge in [0, 0.05) is 0 Å². The van der Waals surface area contributed by atoms with E-state index in [-0.39, 0.29) is 5.41 Å². The molecule has 0 atom stereocenters. The smallest absolute Gasteiger partial charge is 0.242 e. The number of rotatable bonds is 2. The van der Waals surface area contributed by atoms with Crippen molar-refractivity contribution in [1.82, 2.24) is 15.2 Å². The van der Waals surface area contributed by atoms with E-state index in [1.54, 1.807) is 0 Å². The van der Waals surface area contributed by atoms with E-state index >= 15 is 0 Å². The van der Waals surface area contributed by atoms with Crippen LogP contribution < -0.4 is 0 Å². The summed E-state index contributed by atoms with van der Waals surface area (Å²) in [7, 11) is 0. The van der Waals surface area contributed by atoms with E-state index in [0.29, 0.717) is 5.28 Å². The molecule has 1 saturated carbocycles. The van der Waals surface area contributed by atoms with Gasteiger partial charge in [-0.05, 0) is 30.0 Å². The number of aromatic amines is 1. The minimum atomic E-state index is -0.0281. The lowest BCUT2D eigenvalue weighted by molar-refractivity contribution is 0.331. The normalized spacial score (nSPS) is 18.7. The van der Waals surface area contributed by atoms with Crippen molar-refractivity contribution in [2.75, 3.05) is 0 Å². The van der Waals surface area contributed by atoms with Crippen molar-refractivity contribution in [3.63, 3.8) is 0 Å². The van der Waals surface area contributed by atoms with Crippen LogP contribution in [0.4, 0.5) is 0 Å². The molecule has 1 aliphatic carbocycles. The monoisotopic (exact) mass is 261 g/mol. The quantitative estimate of drug-likeness (QED) is 0.895. The molecule has 3 nitrogen and oxygen atoms in total. The number of aromatic nitrogens is 3. The Morgan fingerprint density at radius 2 is 1.78 bits per heavy atom. The number of hydrogen-bond acceptors (Lipinski definition) is 2. The predicted molar refractivity (Wildman–Crippen MR) is 71.7 cm³/mol. The van der Waals surface area contributed by atoms with Crippen molar-refractivity contribution in [2.24, 2.45) is 0 Å². The summed E-state index contributed by atoms with van der Waals surface area (Å²) in [5, 5.41) is 7.32. The standard InChI is InChI=1S/C14H16ClN3/c15-13-16-12(17-18-13)14(9-5-2-6-10-14)11-7-3-1-4-8-11/h1,3-4,7-8H,2,5-6,9-10H2,(H,16,17,18). The number of halogens is 1. The summed E-state index contributed by atoms with van der Waals surface area (Å²) in [6, 6.07) is 10.6. The van der Waals surface area contributed by atoms with Gasteiger partial charge in [0.15, 0.2) is 0 Å². The van der Waals surface area contributed by atoms with Gasteiger partial charge in [0.2, 0.25) is 5.28 Å². The first-order valence-electron chi connectivity index (χ1n) is 6.45. The molecular weight excluding hydrogens is 246 g/mol. The number of hydrogen-bond donors (Lipinski definition) is 1. The molecule has 0 saturated heterocycles. The van der Waals surface area contributed by atoms with Gasteiger partial charge in [-0.3, -0.25) is 5.10 Å². The summed E-state index contributed by atoms with van der Waals surface area (Å²) in [5.74, 6) is 0.915. The van der Waals surface area contributed by atoms with E-state index in [1.807, 2.05) is 6.07 Å². The highest BCUT2D eigenvalue weighted by molar-refractivity contribution is 6.28. The molecule has 0 amide bonds. The van der Waals surface area contributed by atoms with Crippen LogP contribution in [-0.4, -0.2) is 15.2 Å². The Morgan fingerprint density at radius 1 is 1.06 bits per heavy atom. The first-order valence-corrected chi connectivity index (χ1v) is 6.83. The second-order valence-corrected chi connectivity index (χ2v) is 5.30. The van der Waals surface area contributed by atoms with Crippen molar-refractivity contribution in [1.29, 1.82) is 0 Å². The molecule has 18 heavy (non-hydrogen) atoms. The van der Waals surface area contributed by atoms with Crippen LogP contribution >= 0.6 is 11.6 Å². The summed E-state index contributed by atoms with van der Waals surface area (Å²) in [6.07, 6.45) is 5.99. The highest BCUT2D eigenvalue weighted by Crippen LogP contribution is 2.43. The fraction of sp³-hybridized carbons (Fsp3) is 0.429. The Labute approximate surface area is 112 Å².